The molecule has 0 aliphatic carbocycles. The van der Waals surface area contributed by atoms with Gasteiger partial charge in [-0.25, -0.2) is 4.79 Å². The van der Waals surface area contributed by atoms with E-state index in [1.807, 2.05) is 20.8 Å². The van der Waals surface area contributed by atoms with E-state index in [0.29, 0.717) is 26.1 Å². The van der Waals surface area contributed by atoms with Crippen LogP contribution in [0.5, 0.6) is 0 Å². The van der Waals surface area contributed by atoms with Crippen LogP contribution in [0.2, 0.25) is 0 Å². The Morgan fingerprint density at radius 3 is 2.25 bits per heavy atom. The zero-order valence-electron chi connectivity index (χ0n) is 15.9. The maximum absolute atomic E-state index is 12.6. The largest absolute Gasteiger partial charge is 0.444 e. The third-order valence-corrected chi connectivity index (χ3v) is 5.03. The summed E-state index contributed by atoms with van der Waals surface area (Å²) in [6.45, 7) is 13.7. The van der Waals surface area contributed by atoms with Crippen molar-refractivity contribution in [2.75, 3.05) is 32.8 Å². The summed E-state index contributed by atoms with van der Waals surface area (Å²) in [5, 5.41) is 11.1. The summed E-state index contributed by atoms with van der Waals surface area (Å²) in [5.41, 5.74) is -1.23. The first kappa shape index (κ1) is 19.5. The van der Waals surface area contributed by atoms with Gasteiger partial charge in [-0.15, -0.1) is 0 Å². The minimum absolute atomic E-state index is 0.103. The standard InChI is InChI=1S/C18H34N2O4/c1-6-19(7-2)9-8-18(22)10-14-12-23-13-15(11-18)20(14)16(21)24-17(3,4)5/h14-15,22H,6-13H2,1-5H3. The molecule has 140 valence electrons. The van der Waals surface area contributed by atoms with Gasteiger partial charge >= 0.3 is 6.09 Å². The highest BCUT2D eigenvalue weighted by atomic mass is 16.6. The molecule has 6 heteroatoms. The van der Waals surface area contributed by atoms with Gasteiger partial charge in [0.25, 0.3) is 0 Å². The van der Waals surface area contributed by atoms with E-state index in [9.17, 15) is 9.90 Å². The number of aliphatic hydroxyl groups is 1. The zero-order chi connectivity index (χ0) is 18.0. The van der Waals surface area contributed by atoms with Crippen LogP contribution in [0.1, 0.15) is 53.9 Å². The maximum Gasteiger partial charge on any atom is 0.410 e. The lowest BCUT2D eigenvalue weighted by molar-refractivity contribution is -0.141. The fourth-order valence-electron chi connectivity index (χ4n) is 3.80. The van der Waals surface area contributed by atoms with E-state index in [-0.39, 0.29) is 18.2 Å². The number of morpholine rings is 1. The SMILES string of the molecule is CCN(CC)CCC1(O)CC2COCC(C1)N2C(=O)OC(C)(C)C. The molecular weight excluding hydrogens is 308 g/mol. The first-order chi connectivity index (χ1) is 11.2. The Bertz CT molecular complexity index is 417. The molecule has 0 aromatic carbocycles. The summed E-state index contributed by atoms with van der Waals surface area (Å²) in [6, 6.07) is -0.205. The molecule has 24 heavy (non-hydrogen) atoms. The lowest BCUT2D eigenvalue weighted by Crippen LogP contribution is -2.64. The van der Waals surface area contributed by atoms with E-state index in [0.717, 1.165) is 26.1 Å². The van der Waals surface area contributed by atoms with Crippen molar-refractivity contribution in [3.8, 4) is 0 Å². The minimum Gasteiger partial charge on any atom is -0.444 e. The normalized spacial score (nSPS) is 30.5. The summed E-state index contributed by atoms with van der Waals surface area (Å²) in [4.78, 5) is 16.7. The molecule has 2 aliphatic heterocycles. The van der Waals surface area contributed by atoms with Gasteiger partial charge in [0.15, 0.2) is 0 Å². The smallest absolute Gasteiger partial charge is 0.410 e. The van der Waals surface area contributed by atoms with Gasteiger partial charge in [-0.1, -0.05) is 13.8 Å². The average molecular weight is 342 g/mol. The quantitative estimate of drug-likeness (QED) is 0.830. The summed E-state index contributed by atoms with van der Waals surface area (Å²) in [6.07, 6.45) is 1.57. The van der Waals surface area contributed by atoms with Crippen LogP contribution in [0.4, 0.5) is 4.79 Å². The van der Waals surface area contributed by atoms with Gasteiger partial charge in [0, 0.05) is 6.54 Å². The van der Waals surface area contributed by atoms with Crippen LogP contribution in [0.3, 0.4) is 0 Å². The third-order valence-electron chi connectivity index (χ3n) is 5.03. The molecular formula is C18H34N2O4. The summed E-state index contributed by atoms with van der Waals surface area (Å²) in [7, 11) is 0. The van der Waals surface area contributed by atoms with Crippen LogP contribution >= 0.6 is 0 Å². The Morgan fingerprint density at radius 1 is 1.25 bits per heavy atom. The number of piperidine rings is 1. The van der Waals surface area contributed by atoms with Crippen molar-refractivity contribution in [3.63, 3.8) is 0 Å². The van der Waals surface area contributed by atoms with E-state index in [1.54, 1.807) is 4.90 Å². The molecule has 2 fully saturated rings. The molecule has 2 saturated heterocycles. The number of amides is 1. The van der Waals surface area contributed by atoms with Crippen LogP contribution in [-0.2, 0) is 9.47 Å². The summed E-state index contributed by atoms with van der Waals surface area (Å²) in [5.74, 6) is 0. The molecule has 2 rings (SSSR count). The van der Waals surface area contributed by atoms with Crippen LogP contribution in [0.15, 0.2) is 0 Å². The van der Waals surface area contributed by atoms with Crippen LogP contribution < -0.4 is 0 Å². The fourth-order valence-corrected chi connectivity index (χ4v) is 3.80. The van der Waals surface area contributed by atoms with E-state index in [4.69, 9.17) is 9.47 Å². The number of rotatable bonds is 5. The Hall–Kier alpha value is -0.850. The molecule has 0 aromatic rings. The van der Waals surface area contributed by atoms with Gasteiger partial charge in [-0.3, -0.25) is 4.90 Å². The van der Waals surface area contributed by atoms with Gasteiger partial charge in [0.05, 0.1) is 30.9 Å². The zero-order valence-corrected chi connectivity index (χ0v) is 15.9. The van der Waals surface area contributed by atoms with Crippen molar-refractivity contribution < 1.29 is 19.4 Å². The molecule has 1 amide bonds. The second-order valence-electron chi connectivity index (χ2n) is 8.14. The molecule has 0 aromatic heterocycles. The van der Waals surface area contributed by atoms with Crippen molar-refractivity contribution in [3.05, 3.63) is 0 Å². The predicted octanol–water partition coefficient (Wildman–Crippen LogP) is 2.25. The van der Waals surface area contributed by atoms with Crippen molar-refractivity contribution in [1.29, 1.82) is 0 Å². The van der Waals surface area contributed by atoms with Gasteiger partial charge < -0.3 is 19.5 Å². The lowest BCUT2D eigenvalue weighted by atomic mass is 9.79. The highest BCUT2D eigenvalue weighted by molar-refractivity contribution is 5.69. The number of ether oxygens (including phenoxy) is 2. The Balaban J connectivity index is 2.03. The Labute approximate surface area is 146 Å². The van der Waals surface area contributed by atoms with Gasteiger partial charge in [-0.05, 0) is 53.1 Å². The predicted molar refractivity (Wildman–Crippen MR) is 93.1 cm³/mol. The molecule has 1 N–H and O–H groups in total. The second-order valence-corrected chi connectivity index (χ2v) is 8.14. The van der Waals surface area contributed by atoms with Crippen LogP contribution in [0, 0.1) is 0 Å². The highest BCUT2D eigenvalue weighted by Gasteiger charge is 2.48. The molecule has 2 atom stereocenters. The van der Waals surface area contributed by atoms with Gasteiger partial charge in [0.1, 0.15) is 5.60 Å². The number of fused-ring (bicyclic) bond motifs is 2. The number of carbonyl (C=O) groups is 1. The molecule has 2 unspecified atom stereocenters. The summed E-state index contributed by atoms with van der Waals surface area (Å²) < 4.78 is 11.2. The first-order valence-corrected chi connectivity index (χ1v) is 9.21. The molecule has 6 nitrogen and oxygen atoms in total. The maximum atomic E-state index is 12.6. The van der Waals surface area contributed by atoms with E-state index >= 15 is 0 Å². The topological polar surface area (TPSA) is 62.2 Å². The molecule has 0 spiro atoms. The van der Waals surface area contributed by atoms with Crippen molar-refractivity contribution in [2.45, 2.75) is 77.2 Å². The first-order valence-electron chi connectivity index (χ1n) is 9.21. The highest BCUT2D eigenvalue weighted by Crippen LogP contribution is 2.37. The van der Waals surface area contributed by atoms with Gasteiger partial charge in [0.2, 0.25) is 0 Å². The third kappa shape index (κ3) is 4.83. The van der Waals surface area contributed by atoms with Crippen LogP contribution in [0.25, 0.3) is 0 Å². The van der Waals surface area contributed by atoms with E-state index < -0.39 is 11.2 Å². The Morgan fingerprint density at radius 2 is 1.79 bits per heavy atom. The fraction of sp³-hybridized carbons (Fsp3) is 0.944. The molecule has 2 heterocycles. The number of hydrogen-bond donors (Lipinski definition) is 1. The minimum atomic E-state index is -0.722. The molecule has 0 radical (unpaired) electrons. The monoisotopic (exact) mass is 342 g/mol. The number of nitrogens with zero attached hydrogens (tertiary/aromatic N) is 2. The van der Waals surface area contributed by atoms with Crippen molar-refractivity contribution >= 4 is 6.09 Å². The second kappa shape index (κ2) is 7.58. The van der Waals surface area contributed by atoms with Crippen molar-refractivity contribution in [2.24, 2.45) is 0 Å². The lowest BCUT2D eigenvalue weighted by Gasteiger charge is -2.51. The molecule has 0 saturated carbocycles. The molecule has 2 aliphatic rings. The molecule has 2 bridgehead atoms. The van der Waals surface area contributed by atoms with E-state index in [2.05, 4.69) is 18.7 Å². The van der Waals surface area contributed by atoms with E-state index in [1.165, 1.54) is 0 Å². The van der Waals surface area contributed by atoms with Crippen LogP contribution in [-0.4, -0.2) is 77.1 Å². The number of carbonyl (C=O) groups excluding carboxylic acids is 1. The summed E-state index contributed by atoms with van der Waals surface area (Å²) >= 11 is 0. The van der Waals surface area contributed by atoms with Gasteiger partial charge in [-0.2, -0.15) is 0 Å². The average Bonchev–Trinajstić information content (AvgIpc) is 2.45. The number of hydrogen-bond acceptors (Lipinski definition) is 5. The van der Waals surface area contributed by atoms with Crippen molar-refractivity contribution in [1.82, 2.24) is 9.80 Å². The Kier molecular flexibility index (Phi) is 6.15.